The van der Waals surface area contributed by atoms with E-state index in [-0.39, 0.29) is 6.10 Å². The first-order valence-electron chi connectivity index (χ1n) is 6.93. The number of aliphatic hydroxyl groups excluding tert-OH is 1. The Morgan fingerprint density at radius 2 is 1.95 bits per heavy atom. The van der Waals surface area contributed by atoms with E-state index in [2.05, 4.69) is 24.0 Å². The summed E-state index contributed by atoms with van der Waals surface area (Å²) in [6.45, 7) is 2.09. The number of benzene rings is 1. The molecule has 2 aliphatic rings. The zero-order valence-corrected chi connectivity index (χ0v) is 12.0. The van der Waals surface area contributed by atoms with Gasteiger partial charge in [-0.05, 0) is 50.3 Å². The molecule has 2 saturated heterocycles. The number of piperidine rings is 1. The lowest BCUT2D eigenvalue weighted by Gasteiger charge is -2.40. The summed E-state index contributed by atoms with van der Waals surface area (Å²) in [5.74, 6) is 0. The maximum absolute atomic E-state index is 9.91. The number of aliphatic hydroxyl groups is 1. The van der Waals surface area contributed by atoms with Crippen LogP contribution in [0.3, 0.4) is 0 Å². The Morgan fingerprint density at radius 1 is 1.32 bits per heavy atom. The zero-order valence-electron chi connectivity index (χ0n) is 11.2. The van der Waals surface area contributed by atoms with Crippen LogP contribution >= 0.6 is 12.2 Å². The Kier molecular flexibility index (Phi) is 3.23. The minimum Gasteiger partial charge on any atom is -0.393 e. The molecule has 0 saturated carbocycles. The van der Waals surface area contributed by atoms with Gasteiger partial charge in [0.15, 0.2) is 0 Å². The Balaban J connectivity index is 2.03. The molecular formula is C15H20N2OS. The highest BCUT2D eigenvalue weighted by atomic mass is 32.1. The molecule has 2 unspecified atom stereocenters. The molecule has 3 N–H and O–H groups in total. The highest BCUT2D eigenvalue weighted by Gasteiger charge is 2.41. The van der Waals surface area contributed by atoms with Crippen molar-refractivity contribution in [2.45, 2.75) is 50.8 Å². The third kappa shape index (κ3) is 2.23. The van der Waals surface area contributed by atoms with Gasteiger partial charge in [-0.25, -0.2) is 0 Å². The molecule has 2 atom stereocenters. The first-order chi connectivity index (χ1) is 9.06. The molecule has 0 radical (unpaired) electrons. The molecule has 2 fully saturated rings. The van der Waals surface area contributed by atoms with E-state index in [0.29, 0.717) is 17.1 Å². The predicted octanol–water partition coefficient (Wildman–Crippen LogP) is 2.12. The fraction of sp³-hybridized carbons (Fsp3) is 0.533. The summed E-state index contributed by atoms with van der Waals surface area (Å²) >= 11 is 5.18. The van der Waals surface area contributed by atoms with Crippen molar-refractivity contribution in [1.82, 2.24) is 0 Å². The fourth-order valence-electron chi connectivity index (χ4n) is 3.61. The van der Waals surface area contributed by atoms with E-state index in [1.165, 1.54) is 5.56 Å². The van der Waals surface area contributed by atoms with E-state index in [9.17, 15) is 5.11 Å². The first kappa shape index (κ1) is 12.9. The molecule has 1 aromatic rings. The van der Waals surface area contributed by atoms with Crippen LogP contribution in [0.4, 0.5) is 5.69 Å². The standard InChI is InChI=1S/C15H20N2OS/c1-9-2-5-13(15(16)19)14(6-9)17-10-3-4-11(17)8-12(18)7-10/h2,5-6,10-12,18H,3-4,7-8H2,1H3,(H2,16,19). The fourth-order valence-corrected chi connectivity index (χ4v) is 3.78. The van der Waals surface area contributed by atoms with Gasteiger partial charge in [-0.1, -0.05) is 18.3 Å². The van der Waals surface area contributed by atoms with Gasteiger partial charge in [-0.15, -0.1) is 0 Å². The van der Waals surface area contributed by atoms with Gasteiger partial charge in [0.1, 0.15) is 4.99 Å². The van der Waals surface area contributed by atoms with Gasteiger partial charge < -0.3 is 15.7 Å². The average molecular weight is 276 g/mol. The van der Waals surface area contributed by atoms with Crippen molar-refractivity contribution in [2.75, 3.05) is 4.90 Å². The number of anilines is 1. The Hall–Kier alpha value is -1.13. The lowest BCUT2D eigenvalue weighted by atomic mass is 9.97. The molecular weight excluding hydrogens is 256 g/mol. The first-order valence-corrected chi connectivity index (χ1v) is 7.34. The summed E-state index contributed by atoms with van der Waals surface area (Å²) in [7, 11) is 0. The van der Waals surface area contributed by atoms with Crippen molar-refractivity contribution in [3.05, 3.63) is 29.3 Å². The van der Waals surface area contributed by atoms with E-state index < -0.39 is 0 Å². The molecule has 0 aromatic heterocycles. The minimum absolute atomic E-state index is 0.146. The summed E-state index contributed by atoms with van der Waals surface area (Å²) < 4.78 is 0. The van der Waals surface area contributed by atoms with Crippen LogP contribution in [0.2, 0.25) is 0 Å². The molecule has 0 amide bonds. The van der Waals surface area contributed by atoms with Crippen molar-refractivity contribution in [3.8, 4) is 0 Å². The number of rotatable bonds is 2. The highest BCUT2D eigenvalue weighted by molar-refractivity contribution is 7.80. The SMILES string of the molecule is Cc1ccc(C(N)=S)c(N2C3CCC2CC(O)C3)c1. The monoisotopic (exact) mass is 276 g/mol. The second kappa shape index (κ2) is 4.76. The number of aryl methyl sites for hydroxylation is 1. The molecule has 102 valence electrons. The van der Waals surface area contributed by atoms with Gasteiger partial charge in [0, 0.05) is 23.3 Å². The van der Waals surface area contributed by atoms with Crippen molar-refractivity contribution >= 4 is 22.9 Å². The van der Waals surface area contributed by atoms with Gasteiger partial charge in [0.2, 0.25) is 0 Å². The van der Waals surface area contributed by atoms with Crippen LogP contribution in [0, 0.1) is 6.92 Å². The van der Waals surface area contributed by atoms with Crippen molar-refractivity contribution in [3.63, 3.8) is 0 Å². The van der Waals surface area contributed by atoms with Crippen LogP contribution in [0.15, 0.2) is 18.2 Å². The third-order valence-corrected chi connectivity index (χ3v) is 4.62. The van der Waals surface area contributed by atoms with Crippen LogP contribution in [-0.4, -0.2) is 28.3 Å². The quantitative estimate of drug-likeness (QED) is 0.812. The number of thiocarbonyl (C=S) groups is 1. The van der Waals surface area contributed by atoms with Gasteiger partial charge in [0.05, 0.1) is 6.10 Å². The molecule has 0 aliphatic carbocycles. The molecule has 1 aromatic carbocycles. The summed E-state index contributed by atoms with van der Waals surface area (Å²) in [5, 5.41) is 9.91. The number of hydrogen-bond donors (Lipinski definition) is 2. The normalized spacial score (nSPS) is 29.6. The van der Waals surface area contributed by atoms with Gasteiger partial charge >= 0.3 is 0 Å². The Bertz CT molecular complexity index is 503. The number of nitrogens with two attached hydrogens (primary N) is 1. The number of hydrogen-bond acceptors (Lipinski definition) is 3. The van der Waals surface area contributed by atoms with Crippen molar-refractivity contribution in [2.24, 2.45) is 5.73 Å². The maximum Gasteiger partial charge on any atom is 0.106 e. The van der Waals surface area contributed by atoms with E-state index >= 15 is 0 Å². The molecule has 2 aliphatic heterocycles. The van der Waals surface area contributed by atoms with Gasteiger partial charge in [-0.3, -0.25) is 0 Å². The second-order valence-electron chi connectivity index (χ2n) is 5.80. The smallest absolute Gasteiger partial charge is 0.106 e. The third-order valence-electron chi connectivity index (χ3n) is 4.41. The lowest BCUT2D eigenvalue weighted by Crippen LogP contribution is -2.45. The van der Waals surface area contributed by atoms with E-state index in [1.807, 2.05) is 6.07 Å². The van der Waals surface area contributed by atoms with Crippen LogP contribution in [-0.2, 0) is 0 Å². The summed E-state index contributed by atoms with van der Waals surface area (Å²) in [6.07, 6.45) is 3.90. The minimum atomic E-state index is -0.146. The molecule has 3 nitrogen and oxygen atoms in total. The molecule has 4 heteroatoms. The van der Waals surface area contributed by atoms with Crippen LogP contribution in [0.25, 0.3) is 0 Å². The highest BCUT2D eigenvalue weighted by Crippen LogP contribution is 2.40. The van der Waals surface area contributed by atoms with Crippen LogP contribution in [0.5, 0.6) is 0 Å². The maximum atomic E-state index is 9.91. The molecule has 3 rings (SSSR count). The van der Waals surface area contributed by atoms with Crippen molar-refractivity contribution in [1.29, 1.82) is 0 Å². The summed E-state index contributed by atoms with van der Waals surface area (Å²) in [6, 6.07) is 7.13. The predicted molar refractivity (Wildman–Crippen MR) is 81.6 cm³/mol. The summed E-state index contributed by atoms with van der Waals surface area (Å²) in [4.78, 5) is 2.91. The van der Waals surface area contributed by atoms with Gasteiger partial charge in [0.25, 0.3) is 0 Å². The number of fused-ring (bicyclic) bond motifs is 2. The molecule has 2 bridgehead atoms. The molecule has 2 heterocycles. The number of nitrogens with zero attached hydrogens (tertiary/aromatic N) is 1. The largest absolute Gasteiger partial charge is 0.393 e. The van der Waals surface area contributed by atoms with Crippen LogP contribution in [0.1, 0.15) is 36.8 Å². The average Bonchev–Trinajstić information content (AvgIpc) is 2.61. The lowest BCUT2D eigenvalue weighted by molar-refractivity contribution is 0.126. The zero-order chi connectivity index (χ0) is 13.6. The molecule has 19 heavy (non-hydrogen) atoms. The van der Waals surface area contributed by atoms with Crippen molar-refractivity contribution < 1.29 is 5.11 Å². The van der Waals surface area contributed by atoms with E-state index in [1.54, 1.807) is 0 Å². The second-order valence-corrected chi connectivity index (χ2v) is 6.24. The van der Waals surface area contributed by atoms with Gasteiger partial charge in [-0.2, -0.15) is 0 Å². The van der Waals surface area contributed by atoms with E-state index in [4.69, 9.17) is 18.0 Å². The van der Waals surface area contributed by atoms with Crippen LogP contribution < -0.4 is 10.6 Å². The summed E-state index contributed by atoms with van der Waals surface area (Å²) in [5.41, 5.74) is 9.21. The Labute approximate surface area is 119 Å². The van der Waals surface area contributed by atoms with E-state index in [0.717, 1.165) is 36.9 Å². The Morgan fingerprint density at radius 3 is 2.53 bits per heavy atom. The topological polar surface area (TPSA) is 49.5 Å². The molecule has 0 spiro atoms.